The number of nitrogens with zero attached hydrogens (tertiary/aromatic N) is 4. The van der Waals surface area contributed by atoms with Crippen LogP contribution in [-0.4, -0.2) is 38.4 Å². The van der Waals surface area contributed by atoms with Crippen molar-refractivity contribution in [2.75, 3.05) is 6.54 Å². The molecule has 0 spiro atoms. The van der Waals surface area contributed by atoms with Gasteiger partial charge in [0.1, 0.15) is 18.1 Å². The Bertz CT molecular complexity index is 879. The van der Waals surface area contributed by atoms with Gasteiger partial charge in [-0.2, -0.15) is 0 Å². The molecule has 7 heteroatoms. The first-order chi connectivity index (χ1) is 13.8. The van der Waals surface area contributed by atoms with Crippen LogP contribution >= 0.6 is 11.3 Å². The van der Waals surface area contributed by atoms with Gasteiger partial charge in [0.15, 0.2) is 0 Å². The summed E-state index contributed by atoms with van der Waals surface area (Å²) in [6.45, 7) is 1.99. The van der Waals surface area contributed by atoms with Crippen LogP contribution in [0.15, 0.2) is 54.0 Å². The van der Waals surface area contributed by atoms with Gasteiger partial charge >= 0.3 is 0 Å². The highest BCUT2D eigenvalue weighted by Crippen LogP contribution is 2.24. The highest BCUT2D eigenvalue weighted by molar-refractivity contribution is 7.12. The van der Waals surface area contributed by atoms with Crippen LogP contribution in [0.1, 0.15) is 41.0 Å². The zero-order chi connectivity index (χ0) is 19.2. The Labute approximate surface area is 168 Å². The zero-order valence-electron chi connectivity index (χ0n) is 15.7. The normalized spacial score (nSPS) is 16.9. The molecule has 28 heavy (non-hydrogen) atoms. The lowest BCUT2D eigenvalue weighted by atomic mass is 9.99. The molecule has 3 aromatic rings. The number of amides is 1. The Kier molecular flexibility index (Phi) is 6.01. The van der Waals surface area contributed by atoms with Gasteiger partial charge in [0, 0.05) is 19.1 Å². The Morgan fingerprint density at radius 2 is 2.07 bits per heavy atom. The molecule has 146 valence electrons. The quantitative estimate of drug-likeness (QED) is 0.606. The fraction of sp³-hybridized carbons (Fsp3) is 0.381. The SMILES string of the molecule is O=C(c1cccs1)N1CCCCC1CCn1cc(COc2ccccc2)nn1. The average Bonchev–Trinajstić information content (AvgIpc) is 3.43. The predicted molar refractivity (Wildman–Crippen MR) is 108 cm³/mol. The van der Waals surface area contributed by atoms with Crippen molar-refractivity contribution in [2.24, 2.45) is 0 Å². The van der Waals surface area contributed by atoms with E-state index >= 15 is 0 Å². The third-order valence-electron chi connectivity index (χ3n) is 5.03. The summed E-state index contributed by atoms with van der Waals surface area (Å²) in [5.41, 5.74) is 0.805. The van der Waals surface area contributed by atoms with E-state index < -0.39 is 0 Å². The maximum absolute atomic E-state index is 12.8. The number of hydrogen-bond acceptors (Lipinski definition) is 5. The molecule has 1 unspecified atom stereocenters. The fourth-order valence-corrected chi connectivity index (χ4v) is 4.26. The number of thiophene rings is 1. The van der Waals surface area contributed by atoms with Crippen LogP contribution in [0.3, 0.4) is 0 Å². The molecule has 1 atom stereocenters. The summed E-state index contributed by atoms with van der Waals surface area (Å²) in [5.74, 6) is 0.984. The topological polar surface area (TPSA) is 60.2 Å². The summed E-state index contributed by atoms with van der Waals surface area (Å²) in [5, 5.41) is 10.4. The van der Waals surface area contributed by atoms with Crippen molar-refractivity contribution in [3.8, 4) is 5.75 Å². The molecular weight excluding hydrogens is 372 g/mol. The van der Waals surface area contributed by atoms with E-state index in [1.54, 1.807) is 0 Å². The minimum absolute atomic E-state index is 0.162. The maximum atomic E-state index is 12.8. The molecule has 0 saturated carbocycles. The molecule has 2 aromatic heterocycles. The van der Waals surface area contributed by atoms with Crippen LogP contribution in [0.4, 0.5) is 0 Å². The highest BCUT2D eigenvalue weighted by Gasteiger charge is 2.27. The highest BCUT2D eigenvalue weighted by atomic mass is 32.1. The van der Waals surface area contributed by atoms with E-state index in [0.717, 1.165) is 48.7 Å². The third kappa shape index (κ3) is 4.59. The molecule has 1 aliphatic rings. The van der Waals surface area contributed by atoms with Gasteiger partial charge in [-0.05, 0) is 49.3 Å². The summed E-state index contributed by atoms with van der Waals surface area (Å²) in [7, 11) is 0. The Balaban J connectivity index is 1.32. The van der Waals surface area contributed by atoms with E-state index in [1.165, 1.54) is 17.8 Å². The number of hydrogen-bond donors (Lipinski definition) is 0. The molecule has 4 rings (SSSR count). The maximum Gasteiger partial charge on any atom is 0.264 e. The van der Waals surface area contributed by atoms with Crippen molar-refractivity contribution >= 4 is 17.2 Å². The van der Waals surface area contributed by atoms with Crippen LogP contribution in [0, 0.1) is 0 Å². The van der Waals surface area contributed by atoms with Gasteiger partial charge in [-0.3, -0.25) is 9.48 Å². The first kappa shape index (κ1) is 18.7. The van der Waals surface area contributed by atoms with Crippen LogP contribution in [0.2, 0.25) is 0 Å². The number of rotatable bonds is 7. The van der Waals surface area contributed by atoms with Crippen LogP contribution < -0.4 is 4.74 Å². The van der Waals surface area contributed by atoms with E-state index in [4.69, 9.17) is 4.74 Å². The second-order valence-electron chi connectivity index (χ2n) is 6.99. The number of piperidine rings is 1. The summed E-state index contributed by atoms with van der Waals surface area (Å²) in [4.78, 5) is 15.7. The molecule has 0 bridgehead atoms. The van der Waals surface area contributed by atoms with Crippen LogP contribution in [0.5, 0.6) is 5.75 Å². The van der Waals surface area contributed by atoms with E-state index in [9.17, 15) is 4.79 Å². The Morgan fingerprint density at radius 3 is 2.89 bits per heavy atom. The lowest BCUT2D eigenvalue weighted by molar-refractivity contribution is 0.0599. The van der Waals surface area contributed by atoms with Gasteiger partial charge in [0.05, 0.1) is 11.1 Å². The number of carbonyl (C=O) groups excluding carboxylic acids is 1. The molecular formula is C21H24N4O2S. The minimum atomic E-state index is 0.162. The van der Waals surface area contributed by atoms with Crippen LogP contribution in [0.25, 0.3) is 0 Å². The molecule has 1 aromatic carbocycles. The van der Waals surface area contributed by atoms with E-state index in [1.807, 2.05) is 63.6 Å². The van der Waals surface area contributed by atoms with E-state index in [0.29, 0.717) is 6.61 Å². The fourth-order valence-electron chi connectivity index (χ4n) is 3.58. The monoisotopic (exact) mass is 396 g/mol. The van der Waals surface area contributed by atoms with Gasteiger partial charge in [0.25, 0.3) is 5.91 Å². The summed E-state index contributed by atoms with van der Waals surface area (Å²) in [6.07, 6.45) is 6.12. The number of benzene rings is 1. The summed E-state index contributed by atoms with van der Waals surface area (Å²) < 4.78 is 7.58. The van der Waals surface area contributed by atoms with E-state index in [2.05, 4.69) is 10.3 Å². The zero-order valence-corrected chi connectivity index (χ0v) is 16.6. The third-order valence-corrected chi connectivity index (χ3v) is 5.89. The second kappa shape index (κ2) is 9.01. The number of ether oxygens (including phenoxy) is 1. The summed E-state index contributed by atoms with van der Waals surface area (Å²) in [6, 6.07) is 13.8. The molecule has 1 fully saturated rings. The van der Waals surface area contributed by atoms with Crippen molar-refractivity contribution in [3.63, 3.8) is 0 Å². The standard InChI is InChI=1S/C21H24N4O2S/c26-21(20-10-6-14-28-20)25-12-5-4-7-18(25)11-13-24-15-17(22-23-24)16-27-19-8-2-1-3-9-19/h1-3,6,8-10,14-15,18H,4-5,7,11-13,16H2. The van der Waals surface area contributed by atoms with Gasteiger partial charge in [-0.15, -0.1) is 16.4 Å². The van der Waals surface area contributed by atoms with Crippen molar-refractivity contribution in [2.45, 2.75) is 44.9 Å². The first-order valence-corrected chi connectivity index (χ1v) is 10.6. The Morgan fingerprint density at radius 1 is 1.18 bits per heavy atom. The van der Waals surface area contributed by atoms with Crippen molar-refractivity contribution in [1.29, 1.82) is 0 Å². The molecule has 0 N–H and O–H groups in total. The molecule has 1 amide bonds. The van der Waals surface area contributed by atoms with Crippen LogP contribution in [-0.2, 0) is 13.2 Å². The number of para-hydroxylation sites is 1. The van der Waals surface area contributed by atoms with Crippen molar-refractivity contribution in [1.82, 2.24) is 19.9 Å². The largest absolute Gasteiger partial charge is 0.487 e. The number of carbonyl (C=O) groups is 1. The molecule has 6 nitrogen and oxygen atoms in total. The smallest absolute Gasteiger partial charge is 0.264 e. The number of aryl methyl sites for hydroxylation is 1. The molecule has 1 saturated heterocycles. The van der Waals surface area contributed by atoms with Gasteiger partial charge in [0.2, 0.25) is 0 Å². The minimum Gasteiger partial charge on any atom is -0.487 e. The van der Waals surface area contributed by atoms with Gasteiger partial charge in [-0.1, -0.05) is 29.5 Å². The van der Waals surface area contributed by atoms with Crippen molar-refractivity contribution in [3.05, 3.63) is 64.6 Å². The Hall–Kier alpha value is -2.67. The lowest BCUT2D eigenvalue weighted by Gasteiger charge is -2.35. The van der Waals surface area contributed by atoms with Gasteiger partial charge < -0.3 is 9.64 Å². The summed E-state index contributed by atoms with van der Waals surface area (Å²) >= 11 is 1.52. The lowest BCUT2D eigenvalue weighted by Crippen LogP contribution is -2.44. The molecule has 1 aliphatic heterocycles. The van der Waals surface area contributed by atoms with Gasteiger partial charge in [-0.25, -0.2) is 0 Å². The van der Waals surface area contributed by atoms with E-state index in [-0.39, 0.29) is 11.9 Å². The number of likely N-dealkylation sites (tertiary alicyclic amines) is 1. The molecule has 0 aliphatic carbocycles. The predicted octanol–water partition coefficient (Wildman–Crippen LogP) is 4.00. The first-order valence-electron chi connectivity index (χ1n) is 9.71. The molecule has 3 heterocycles. The molecule has 0 radical (unpaired) electrons. The second-order valence-corrected chi connectivity index (χ2v) is 7.94. The average molecular weight is 397 g/mol. The number of aromatic nitrogens is 3. The van der Waals surface area contributed by atoms with Crippen molar-refractivity contribution < 1.29 is 9.53 Å².